The molecule has 9 aromatic carbocycles. The summed E-state index contributed by atoms with van der Waals surface area (Å²) in [6.07, 6.45) is 6.50. The van der Waals surface area contributed by atoms with Crippen LogP contribution in [-0.2, 0) is 0 Å². The zero-order valence-corrected chi connectivity index (χ0v) is 33.7. The summed E-state index contributed by atoms with van der Waals surface area (Å²) < 4.78 is 2.38. The Kier molecular flexibility index (Phi) is 9.32. The minimum absolute atomic E-state index is 0.591. The highest BCUT2D eigenvalue weighted by atomic mass is 15.1. The zero-order valence-electron chi connectivity index (χ0n) is 33.7. The Morgan fingerprint density at radius 2 is 1.02 bits per heavy atom. The molecule has 1 saturated carbocycles. The number of anilines is 3. The highest BCUT2D eigenvalue weighted by Crippen LogP contribution is 2.46. The maximum atomic E-state index is 2.47. The molecule has 0 N–H and O–H groups in total. The molecule has 1 aliphatic rings. The van der Waals surface area contributed by atoms with Crippen molar-refractivity contribution < 1.29 is 0 Å². The molecule has 0 spiro atoms. The van der Waals surface area contributed by atoms with Crippen LogP contribution in [-0.4, -0.2) is 4.57 Å². The number of rotatable bonds is 8. The SMILES string of the molecule is c1ccc(-c2ccc(N(c3cccc(-c4ccc5c(c4)c4ccccc4n5-c4ccccc4)c3)c3ccccc3-c3cccc4cccc(C5CCCCC5)c34)cc2)cc1. The van der Waals surface area contributed by atoms with Gasteiger partial charge in [0, 0.05) is 33.4 Å². The van der Waals surface area contributed by atoms with Crippen LogP contribution in [0.2, 0.25) is 0 Å². The van der Waals surface area contributed by atoms with Crippen molar-refractivity contribution in [2.75, 3.05) is 4.90 Å². The highest BCUT2D eigenvalue weighted by Gasteiger charge is 2.23. The number of fused-ring (bicyclic) bond motifs is 4. The fraction of sp³-hybridized carbons (Fsp3) is 0.103. The smallest absolute Gasteiger partial charge is 0.0541 e. The summed E-state index contributed by atoms with van der Waals surface area (Å²) >= 11 is 0. The summed E-state index contributed by atoms with van der Waals surface area (Å²) in [5.41, 5.74) is 15.8. The van der Waals surface area contributed by atoms with Crippen LogP contribution in [0.25, 0.3) is 71.6 Å². The Labute approximate surface area is 352 Å². The van der Waals surface area contributed by atoms with Crippen LogP contribution in [0.3, 0.4) is 0 Å². The van der Waals surface area contributed by atoms with Crippen molar-refractivity contribution in [3.63, 3.8) is 0 Å². The van der Waals surface area contributed by atoms with Gasteiger partial charge in [-0.25, -0.2) is 0 Å². The van der Waals surface area contributed by atoms with Crippen molar-refractivity contribution in [2.24, 2.45) is 0 Å². The van der Waals surface area contributed by atoms with Gasteiger partial charge in [0.05, 0.1) is 16.7 Å². The molecule has 10 aromatic rings. The van der Waals surface area contributed by atoms with E-state index in [1.54, 1.807) is 0 Å². The van der Waals surface area contributed by atoms with E-state index in [1.165, 1.54) is 109 Å². The summed E-state index contributed by atoms with van der Waals surface area (Å²) in [6, 6.07) is 78.2. The summed E-state index contributed by atoms with van der Waals surface area (Å²) in [5.74, 6) is 0.591. The van der Waals surface area contributed by atoms with Crippen LogP contribution in [0.1, 0.15) is 43.6 Å². The van der Waals surface area contributed by atoms with Crippen molar-refractivity contribution in [3.05, 3.63) is 218 Å². The second kappa shape index (κ2) is 15.5. The van der Waals surface area contributed by atoms with Crippen molar-refractivity contribution in [3.8, 4) is 39.1 Å². The standard InChI is InChI=1S/C58H46N2/c1-4-17-41(18-5-1)42-33-36-48(37-34-42)59(55-31-12-10-27-51(55)53-30-16-22-44-21-15-29-50(58(44)53)43-19-6-2-7-20-43)49-26-14-23-45(39-49)46-35-38-57-54(40-46)52-28-11-13-32-56(52)60(57)47-24-8-3-9-25-47/h1,3-5,8-18,21-40,43H,2,6-7,19-20H2. The van der Waals surface area contributed by atoms with E-state index in [-0.39, 0.29) is 0 Å². The monoisotopic (exact) mass is 770 g/mol. The second-order valence-electron chi connectivity index (χ2n) is 16.3. The van der Waals surface area contributed by atoms with Gasteiger partial charge < -0.3 is 9.47 Å². The van der Waals surface area contributed by atoms with Gasteiger partial charge in [-0.05, 0) is 124 Å². The summed E-state index contributed by atoms with van der Waals surface area (Å²) in [6.45, 7) is 0. The molecule has 11 rings (SSSR count). The Bertz CT molecular complexity index is 3110. The van der Waals surface area contributed by atoms with Crippen molar-refractivity contribution in [1.29, 1.82) is 0 Å². The molecular formula is C58H46N2. The first kappa shape index (κ1) is 36.0. The first-order valence-corrected chi connectivity index (χ1v) is 21.5. The van der Waals surface area contributed by atoms with Crippen LogP contribution in [0.4, 0.5) is 17.1 Å². The molecule has 1 aliphatic carbocycles. The van der Waals surface area contributed by atoms with E-state index in [4.69, 9.17) is 0 Å². The third-order valence-corrected chi connectivity index (χ3v) is 12.8. The minimum Gasteiger partial charge on any atom is -0.310 e. The maximum absolute atomic E-state index is 2.47. The molecule has 0 radical (unpaired) electrons. The van der Waals surface area contributed by atoms with Gasteiger partial charge in [0.2, 0.25) is 0 Å². The normalized spacial score (nSPS) is 13.3. The van der Waals surface area contributed by atoms with E-state index in [0.717, 1.165) is 17.1 Å². The maximum Gasteiger partial charge on any atom is 0.0541 e. The van der Waals surface area contributed by atoms with Crippen molar-refractivity contribution >= 4 is 49.6 Å². The summed E-state index contributed by atoms with van der Waals surface area (Å²) in [4.78, 5) is 2.47. The molecule has 1 heterocycles. The summed E-state index contributed by atoms with van der Waals surface area (Å²) in [5, 5.41) is 5.22. The van der Waals surface area contributed by atoms with E-state index in [0.29, 0.717) is 5.92 Å². The van der Waals surface area contributed by atoms with Gasteiger partial charge >= 0.3 is 0 Å². The quantitative estimate of drug-likeness (QED) is 0.149. The lowest BCUT2D eigenvalue weighted by atomic mass is 9.80. The average molecular weight is 771 g/mol. The van der Waals surface area contributed by atoms with Crippen LogP contribution in [0.5, 0.6) is 0 Å². The third kappa shape index (κ3) is 6.46. The van der Waals surface area contributed by atoms with Gasteiger partial charge in [0.25, 0.3) is 0 Å². The number of hydrogen-bond donors (Lipinski definition) is 0. The number of benzene rings is 9. The molecule has 288 valence electrons. The molecule has 0 saturated heterocycles. The molecule has 2 nitrogen and oxygen atoms in total. The lowest BCUT2D eigenvalue weighted by Crippen LogP contribution is -2.11. The molecule has 1 fully saturated rings. The van der Waals surface area contributed by atoms with E-state index in [1.807, 2.05) is 0 Å². The molecule has 2 heteroatoms. The molecule has 0 atom stereocenters. The van der Waals surface area contributed by atoms with E-state index >= 15 is 0 Å². The number of para-hydroxylation sites is 3. The van der Waals surface area contributed by atoms with Crippen LogP contribution in [0, 0.1) is 0 Å². The highest BCUT2D eigenvalue weighted by molar-refractivity contribution is 6.10. The summed E-state index contributed by atoms with van der Waals surface area (Å²) in [7, 11) is 0. The Morgan fingerprint density at radius 1 is 0.400 bits per heavy atom. The van der Waals surface area contributed by atoms with Gasteiger partial charge in [0.15, 0.2) is 0 Å². The molecule has 0 amide bonds. The Hall–Kier alpha value is -7.16. The molecule has 60 heavy (non-hydrogen) atoms. The van der Waals surface area contributed by atoms with E-state index in [9.17, 15) is 0 Å². The van der Waals surface area contributed by atoms with Gasteiger partial charge in [-0.2, -0.15) is 0 Å². The van der Waals surface area contributed by atoms with Gasteiger partial charge in [-0.1, -0.05) is 171 Å². The largest absolute Gasteiger partial charge is 0.310 e. The Morgan fingerprint density at radius 3 is 1.85 bits per heavy atom. The number of aromatic nitrogens is 1. The minimum atomic E-state index is 0.591. The van der Waals surface area contributed by atoms with Gasteiger partial charge in [-0.15, -0.1) is 0 Å². The van der Waals surface area contributed by atoms with E-state index < -0.39 is 0 Å². The molecule has 0 aliphatic heterocycles. The fourth-order valence-electron chi connectivity index (χ4n) is 9.94. The molecule has 0 bridgehead atoms. The van der Waals surface area contributed by atoms with Crippen molar-refractivity contribution in [2.45, 2.75) is 38.0 Å². The topological polar surface area (TPSA) is 8.17 Å². The third-order valence-electron chi connectivity index (χ3n) is 12.8. The lowest BCUT2D eigenvalue weighted by Gasteiger charge is -2.29. The van der Waals surface area contributed by atoms with Gasteiger partial charge in [0.1, 0.15) is 0 Å². The van der Waals surface area contributed by atoms with Gasteiger partial charge in [-0.3, -0.25) is 0 Å². The predicted molar refractivity (Wildman–Crippen MR) is 255 cm³/mol. The zero-order chi connectivity index (χ0) is 39.8. The van der Waals surface area contributed by atoms with Crippen molar-refractivity contribution in [1.82, 2.24) is 4.57 Å². The van der Waals surface area contributed by atoms with Crippen LogP contribution < -0.4 is 4.90 Å². The molecular weight excluding hydrogens is 725 g/mol. The number of hydrogen-bond acceptors (Lipinski definition) is 1. The molecule has 1 aromatic heterocycles. The fourth-order valence-corrected chi connectivity index (χ4v) is 9.94. The first-order chi connectivity index (χ1) is 29.8. The predicted octanol–water partition coefficient (Wildman–Crippen LogP) is 16.5. The molecule has 0 unspecified atom stereocenters. The number of nitrogens with zero attached hydrogens (tertiary/aromatic N) is 2. The second-order valence-corrected chi connectivity index (χ2v) is 16.3. The lowest BCUT2D eigenvalue weighted by molar-refractivity contribution is 0.445. The van der Waals surface area contributed by atoms with Crippen LogP contribution in [0.15, 0.2) is 212 Å². The first-order valence-electron chi connectivity index (χ1n) is 21.5. The van der Waals surface area contributed by atoms with Crippen LogP contribution >= 0.6 is 0 Å². The van der Waals surface area contributed by atoms with E-state index in [2.05, 4.69) is 222 Å². The Balaban J connectivity index is 1.08. The average Bonchev–Trinajstić information content (AvgIpc) is 3.66.